The number of rotatable bonds is 3. The Morgan fingerprint density at radius 1 is 1.50 bits per heavy atom. The second-order valence-corrected chi connectivity index (χ2v) is 3.62. The SMILES string of the molecule is N#Cc1c(F)cccc1Nc1nc(N)ncc1[N+](=O)[O-]. The van der Waals surface area contributed by atoms with Crippen molar-refractivity contribution >= 4 is 23.1 Å². The van der Waals surface area contributed by atoms with Crippen LogP contribution in [-0.4, -0.2) is 14.9 Å². The van der Waals surface area contributed by atoms with E-state index in [0.29, 0.717) is 0 Å². The second-order valence-electron chi connectivity index (χ2n) is 3.62. The number of nitrogens with two attached hydrogens (primary N) is 1. The molecule has 0 spiro atoms. The van der Waals surface area contributed by atoms with E-state index < -0.39 is 16.4 Å². The molecule has 0 amide bonds. The largest absolute Gasteiger partial charge is 0.368 e. The standard InChI is InChI=1S/C11H7FN6O2/c12-7-2-1-3-8(6(7)4-13)16-10-9(18(19)20)5-15-11(14)17-10/h1-3,5H,(H3,14,15,16,17). The van der Waals surface area contributed by atoms with E-state index in [4.69, 9.17) is 11.0 Å². The van der Waals surface area contributed by atoms with E-state index in [2.05, 4.69) is 15.3 Å². The Labute approximate surface area is 111 Å². The first kappa shape index (κ1) is 13.2. The number of nitrogen functional groups attached to an aromatic ring is 1. The number of aromatic nitrogens is 2. The van der Waals surface area contributed by atoms with Crippen molar-refractivity contribution in [2.75, 3.05) is 11.1 Å². The molecule has 0 saturated heterocycles. The number of nitrogens with one attached hydrogen (secondary N) is 1. The quantitative estimate of drug-likeness (QED) is 0.643. The molecule has 0 aliphatic carbocycles. The molecule has 100 valence electrons. The summed E-state index contributed by atoms with van der Waals surface area (Å²) in [6.07, 6.45) is 0.927. The molecule has 2 rings (SSSR count). The molecule has 0 atom stereocenters. The van der Waals surface area contributed by atoms with Crippen LogP contribution in [0.15, 0.2) is 24.4 Å². The molecule has 8 nitrogen and oxygen atoms in total. The van der Waals surface area contributed by atoms with Crippen LogP contribution in [-0.2, 0) is 0 Å². The minimum atomic E-state index is -0.748. The minimum absolute atomic E-state index is 0.0497. The Balaban J connectivity index is 2.51. The minimum Gasteiger partial charge on any atom is -0.368 e. The van der Waals surface area contributed by atoms with Crippen LogP contribution in [0.3, 0.4) is 0 Å². The first-order valence-corrected chi connectivity index (χ1v) is 5.25. The summed E-state index contributed by atoms with van der Waals surface area (Å²) in [4.78, 5) is 17.3. The van der Waals surface area contributed by atoms with Crippen molar-refractivity contribution in [3.8, 4) is 6.07 Å². The van der Waals surface area contributed by atoms with E-state index in [1.54, 1.807) is 6.07 Å². The Bertz CT molecular complexity index is 727. The van der Waals surface area contributed by atoms with Gasteiger partial charge in [0.2, 0.25) is 11.8 Å². The third-order valence-corrected chi connectivity index (χ3v) is 2.36. The Hall–Kier alpha value is -3.28. The van der Waals surface area contributed by atoms with Crippen molar-refractivity contribution in [2.24, 2.45) is 0 Å². The van der Waals surface area contributed by atoms with Crippen molar-refractivity contribution < 1.29 is 9.31 Å². The summed E-state index contributed by atoms with van der Waals surface area (Å²) in [5.41, 5.74) is 4.69. The van der Waals surface area contributed by atoms with Gasteiger partial charge in [-0.2, -0.15) is 10.2 Å². The number of halogens is 1. The van der Waals surface area contributed by atoms with E-state index in [-0.39, 0.29) is 23.0 Å². The normalized spacial score (nSPS) is 9.80. The summed E-state index contributed by atoms with van der Waals surface area (Å²) in [5.74, 6) is -1.15. The van der Waals surface area contributed by atoms with Gasteiger partial charge in [-0.15, -0.1) is 0 Å². The first-order valence-electron chi connectivity index (χ1n) is 5.25. The Morgan fingerprint density at radius 2 is 2.25 bits per heavy atom. The molecule has 1 heterocycles. The van der Waals surface area contributed by atoms with E-state index in [1.165, 1.54) is 12.1 Å². The van der Waals surface area contributed by atoms with Crippen molar-refractivity contribution in [1.82, 2.24) is 9.97 Å². The number of hydrogen-bond acceptors (Lipinski definition) is 7. The van der Waals surface area contributed by atoms with E-state index in [1.807, 2.05) is 0 Å². The molecule has 0 aliphatic heterocycles. The highest BCUT2D eigenvalue weighted by atomic mass is 19.1. The number of anilines is 3. The van der Waals surface area contributed by atoms with Gasteiger partial charge in [0, 0.05) is 0 Å². The molecule has 0 radical (unpaired) electrons. The zero-order valence-corrected chi connectivity index (χ0v) is 9.87. The van der Waals surface area contributed by atoms with Gasteiger partial charge in [-0.3, -0.25) is 10.1 Å². The van der Waals surface area contributed by atoms with Crippen LogP contribution in [0.4, 0.5) is 27.5 Å². The molecule has 9 heteroatoms. The van der Waals surface area contributed by atoms with Crippen molar-refractivity contribution in [2.45, 2.75) is 0 Å². The van der Waals surface area contributed by atoms with Gasteiger partial charge < -0.3 is 11.1 Å². The molecule has 0 unspecified atom stereocenters. The van der Waals surface area contributed by atoms with Gasteiger partial charge in [0.25, 0.3) is 0 Å². The predicted octanol–water partition coefficient (Wildman–Crippen LogP) is 1.72. The van der Waals surface area contributed by atoms with Gasteiger partial charge in [-0.05, 0) is 12.1 Å². The van der Waals surface area contributed by atoms with E-state index in [9.17, 15) is 14.5 Å². The smallest absolute Gasteiger partial charge is 0.329 e. The van der Waals surface area contributed by atoms with Crippen LogP contribution < -0.4 is 11.1 Å². The van der Waals surface area contributed by atoms with Gasteiger partial charge in [0.15, 0.2) is 0 Å². The number of benzene rings is 1. The van der Waals surface area contributed by atoms with Crippen LogP contribution in [0.5, 0.6) is 0 Å². The van der Waals surface area contributed by atoms with Gasteiger partial charge >= 0.3 is 5.69 Å². The van der Waals surface area contributed by atoms with E-state index in [0.717, 1.165) is 12.3 Å². The Morgan fingerprint density at radius 3 is 2.90 bits per heavy atom. The topological polar surface area (TPSA) is 131 Å². The van der Waals surface area contributed by atoms with Gasteiger partial charge in [-0.1, -0.05) is 6.07 Å². The lowest BCUT2D eigenvalue weighted by Crippen LogP contribution is -2.05. The molecule has 0 fully saturated rings. The van der Waals surface area contributed by atoms with Crippen molar-refractivity contribution in [3.05, 3.63) is 45.9 Å². The molecule has 0 bridgehead atoms. The van der Waals surface area contributed by atoms with Gasteiger partial charge in [0.1, 0.15) is 23.6 Å². The maximum Gasteiger partial charge on any atom is 0.329 e. The third-order valence-electron chi connectivity index (χ3n) is 2.36. The van der Waals surface area contributed by atoms with Crippen LogP contribution in [0.2, 0.25) is 0 Å². The number of nitro groups is 1. The second kappa shape index (κ2) is 5.15. The molecule has 1 aromatic carbocycles. The predicted molar refractivity (Wildman–Crippen MR) is 67.5 cm³/mol. The summed E-state index contributed by atoms with van der Waals surface area (Å²) in [5, 5.41) is 22.3. The van der Waals surface area contributed by atoms with Crippen LogP contribution in [0.1, 0.15) is 5.56 Å². The lowest BCUT2D eigenvalue weighted by atomic mass is 10.2. The number of nitrogens with zero attached hydrogens (tertiary/aromatic N) is 4. The molecular formula is C11H7FN6O2. The summed E-state index contributed by atoms with van der Waals surface area (Å²) in [7, 11) is 0. The van der Waals surface area contributed by atoms with E-state index >= 15 is 0 Å². The first-order chi connectivity index (χ1) is 9.52. The highest BCUT2D eigenvalue weighted by Gasteiger charge is 2.18. The lowest BCUT2D eigenvalue weighted by molar-refractivity contribution is -0.384. The van der Waals surface area contributed by atoms with Gasteiger partial charge in [-0.25, -0.2) is 9.37 Å². The summed E-state index contributed by atoms with van der Waals surface area (Å²) in [6, 6.07) is 5.52. The average molecular weight is 274 g/mol. The average Bonchev–Trinajstić information content (AvgIpc) is 2.38. The summed E-state index contributed by atoms with van der Waals surface area (Å²) >= 11 is 0. The number of nitriles is 1. The van der Waals surface area contributed by atoms with Gasteiger partial charge in [0.05, 0.1) is 10.6 Å². The lowest BCUT2D eigenvalue weighted by Gasteiger charge is -2.08. The highest BCUT2D eigenvalue weighted by molar-refractivity contribution is 5.70. The van der Waals surface area contributed by atoms with Crippen molar-refractivity contribution in [1.29, 1.82) is 5.26 Å². The zero-order valence-electron chi connectivity index (χ0n) is 9.87. The monoisotopic (exact) mass is 274 g/mol. The summed E-state index contributed by atoms with van der Waals surface area (Å²) < 4.78 is 13.4. The molecular weight excluding hydrogens is 267 g/mol. The van der Waals surface area contributed by atoms with Crippen molar-refractivity contribution in [3.63, 3.8) is 0 Å². The maximum atomic E-state index is 13.4. The highest BCUT2D eigenvalue weighted by Crippen LogP contribution is 2.27. The molecule has 20 heavy (non-hydrogen) atoms. The number of hydrogen-bond donors (Lipinski definition) is 2. The van der Waals surface area contributed by atoms with Crippen LogP contribution in [0.25, 0.3) is 0 Å². The fourth-order valence-electron chi connectivity index (χ4n) is 1.48. The van der Waals surface area contributed by atoms with Crippen LogP contribution >= 0.6 is 0 Å². The molecule has 0 aliphatic rings. The maximum absolute atomic E-state index is 13.4. The Kier molecular flexibility index (Phi) is 3.39. The molecule has 3 N–H and O–H groups in total. The molecule has 2 aromatic rings. The zero-order chi connectivity index (χ0) is 14.7. The molecule has 1 aromatic heterocycles. The fraction of sp³-hybridized carbons (Fsp3) is 0. The fourth-order valence-corrected chi connectivity index (χ4v) is 1.48. The third kappa shape index (κ3) is 2.44. The molecule has 0 saturated carbocycles. The summed E-state index contributed by atoms with van der Waals surface area (Å²) in [6.45, 7) is 0. The van der Waals surface area contributed by atoms with Crippen LogP contribution in [0, 0.1) is 27.3 Å².